The van der Waals surface area contributed by atoms with Gasteiger partial charge < -0.3 is 5.32 Å². The van der Waals surface area contributed by atoms with Crippen molar-refractivity contribution in [2.75, 3.05) is 11.9 Å². The van der Waals surface area contributed by atoms with Crippen LogP contribution in [0.2, 0.25) is 0 Å². The zero-order chi connectivity index (χ0) is 9.47. The molecule has 0 amide bonds. The van der Waals surface area contributed by atoms with Gasteiger partial charge in [0.05, 0.1) is 0 Å². The fourth-order valence-corrected chi connectivity index (χ4v) is 1.33. The maximum absolute atomic E-state index is 12.2. The van der Waals surface area contributed by atoms with Crippen LogP contribution in [0.1, 0.15) is 11.3 Å². The predicted molar refractivity (Wildman–Crippen MR) is 48.7 cm³/mol. The van der Waals surface area contributed by atoms with Gasteiger partial charge in [0, 0.05) is 18.4 Å². The predicted octanol–water partition coefficient (Wildman–Crippen LogP) is 2.49. The summed E-state index contributed by atoms with van der Waals surface area (Å²) in [5.41, 5.74) is 0.580. The molecule has 1 N–H and O–H groups in total. The van der Waals surface area contributed by atoms with E-state index in [1.54, 1.807) is 0 Å². The third-order valence-corrected chi connectivity index (χ3v) is 1.99. The molecule has 14 heavy (non-hydrogen) atoms. The van der Waals surface area contributed by atoms with Crippen LogP contribution >= 0.6 is 12.4 Å². The number of rotatable bonds is 0. The molecule has 0 saturated heterocycles. The second-order valence-electron chi connectivity index (χ2n) is 2.90. The molecular formula is C8H8ClF3N2. The number of alkyl halides is 3. The Kier molecular flexibility index (Phi) is 2.89. The van der Waals surface area contributed by atoms with Gasteiger partial charge >= 0.3 is 6.18 Å². The lowest BCUT2D eigenvalue weighted by Gasteiger charge is -2.06. The number of fused-ring (bicyclic) bond motifs is 1. The SMILES string of the molecule is Cl.FC(F)(F)c1cc2c(cn1)CCN2. The lowest BCUT2D eigenvalue weighted by molar-refractivity contribution is -0.141. The Labute approximate surface area is 84.9 Å². The monoisotopic (exact) mass is 224 g/mol. The van der Waals surface area contributed by atoms with E-state index in [1.807, 2.05) is 0 Å². The van der Waals surface area contributed by atoms with Gasteiger partial charge in [-0.3, -0.25) is 4.98 Å². The van der Waals surface area contributed by atoms with E-state index in [0.29, 0.717) is 12.2 Å². The molecule has 0 bridgehead atoms. The molecule has 0 fully saturated rings. The van der Waals surface area contributed by atoms with Crippen LogP contribution in [0.5, 0.6) is 0 Å². The minimum atomic E-state index is -4.35. The molecule has 0 atom stereocenters. The van der Waals surface area contributed by atoms with Crippen LogP contribution in [0, 0.1) is 0 Å². The van der Waals surface area contributed by atoms with E-state index in [9.17, 15) is 13.2 Å². The van der Waals surface area contributed by atoms with Gasteiger partial charge in [-0.1, -0.05) is 0 Å². The Morgan fingerprint density at radius 3 is 2.71 bits per heavy atom. The van der Waals surface area contributed by atoms with Crippen molar-refractivity contribution in [2.24, 2.45) is 0 Å². The maximum Gasteiger partial charge on any atom is 0.433 e. The maximum atomic E-state index is 12.2. The summed E-state index contributed by atoms with van der Waals surface area (Å²) in [7, 11) is 0. The number of nitrogens with zero attached hydrogens (tertiary/aromatic N) is 1. The van der Waals surface area contributed by atoms with Gasteiger partial charge in [0.15, 0.2) is 0 Å². The van der Waals surface area contributed by atoms with E-state index in [-0.39, 0.29) is 12.4 Å². The Balaban J connectivity index is 0.000000980. The van der Waals surface area contributed by atoms with Crippen molar-refractivity contribution in [1.29, 1.82) is 0 Å². The second kappa shape index (κ2) is 3.65. The van der Waals surface area contributed by atoms with Crippen molar-refractivity contribution >= 4 is 18.1 Å². The smallest absolute Gasteiger partial charge is 0.384 e. The normalized spacial score (nSPS) is 14.2. The number of aromatic nitrogens is 1. The van der Waals surface area contributed by atoms with Crippen LogP contribution in [0.15, 0.2) is 12.3 Å². The van der Waals surface area contributed by atoms with E-state index < -0.39 is 11.9 Å². The second-order valence-corrected chi connectivity index (χ2v) is 2.90. The molecule has 2 rings (SSSR count). The summed E-state index contributed by atoms with van der Waals surface area (Å²) in [4.78, 5) is 3.36. The minimum Gasteiger partial charge on any atom is -0.384 e. The molecule has 0 spiro atoms. The Morgan fingerprint density at radius 1 is 1.36 bits per heavy atom. The van der Waals surface area contributed by atoms with Gasteiger partial charge in [0.1, 0.15) is 5.69 Å². The zero-order valence-electron chi connectivity index (χ0n) is 7.06. The van der Waals surface area contributed by atoms with Gasteiger partial charge in [-0.2, -0.15) is 13.2 Å². The van der Waals surface area contributed by atoms with Crippen LogP contribution in [0.25, 0.3) is 0 Å². The fraction of sp³-hybridized carbons (Fsp3) is 0.375. The molecule has 78 valence electrons. The first-order valence-electron chi connectivity index (χ1n) is 3.87. The van der Waals surface area contributed by atoms with Crippen molar-refractivity contribution in [3.05, 3.63) is 23.5 Å². The molecular weight excluding hydrogens is 217 g/mol. The minimum absolute atomic E-state index is 0. The van der Waals surface area contributed by atoms with Crippen LogP contribution < -0.4 is 5.32 Å². The van der Waals surface area contributed by atoms with Gasteiger partial charge in [0.25, 0.3) is 0 Å². The number of anilines is 1. The number of hydrogen-bond acceptors (Lipinski definition) is 2. The largest absolute Gasteiger partial charge is 0.433 e. The molecule has 1 aromatic heterocycles. The molecule has 0 unspecified atom stereocenters. The van der Waals surface area contributed by atoms with E-state index >= 15 is 0 Å². The molecule has 1 aliphatic rings. The molecule has 6 heteroatoms. The lowest BCUT2D eigenvalue weighted by Crippen LogP contribution is -2.08. The number of hydrogen-bond donors (Lipinski definition) is 1. The van der Waals surface area contributed by atoms with E-state index in [1.165, 1.54) is 6.20 Å². The van der Waals surface area contributed by atoms with Crippen LogP contribution in [0.4, 0.5) is 18.9 Å². The number of pyridine rings is 1. The summed E-state index contributed by atoms with van der Waals surface area (Å²) in [5.74, 6) is 0. The number of halogens is 4. The molecule has 0 saturated carbocycles. The quantitative estimate of drug-likeness (QED) is 0.732. The fourth-order valence-electron chi connectivity index (χ4n) is 1.33. The van der Waals surface area contributed by atoms with E-state index in [2.05, 4.69) is 10.3 Å². The van der Waals surface area contributed by atoms with Gasteiger partial charge in [-0.15, -0.1) is 12.4 Å². The highest BCUT2D eigenvalue weighted by Gasteiger charge is 2.33. The molecule has 0 aliphatic carbocycles. The van der Waals surface area contributed by atoms with E-state index in [4.69, 9.17) is 0 Å². The first kappa shape index (κ1) is 11.1. The molecule has 0 radical (unpaired) electrons. The van der Waals surface area contributed by atoms with Gasteiger partial charge in [-0.05, 0) is 18.1 Å². The highest BCUT2D eigenvalue weighted by molar-refractivity contribution is 5.85. The molecule has 2 heterocycles. The first-order valence-corrected chi connectivity index (χ1v) is 3.87. The summed E-state index contributed by atoms with van der Waals surface area (Å²) >= 11 is 0. The average Bonchev–Trinajstić information content (AvgIpc) is 2.47. The zero-order valence-corrected chi connectivity index (χ0v) is 7.87. The topological polar surface area (TPSA) is 24.9 Å². The standard InChI is InChI=1S/C8H7F3N2.ClH/c9-8(10,11)7-3-6-5(4-13-7)1-2-12-6;/h3-4,12H,1-2H2;1H. The summed E-state index contributed by atoms with van der Waals surface area (Å²) in [6.07, 6.45) is -2.31. The van der Waals surface area contributed by atoms with Crippen molar-refractivity contribution < 1.29 is 13.2 Å². The van der Waals surface area contributed by atoms with Crippen molar-refractivity contribution in [2.45, 2.75) is 12.6 Å². The third-order valence-electron chi connectivity index (χ3n) is 1.99. The highest BCUT2D eigenvalue weighted by Crippen LogP contribution is 2.31. The molecule has 2 nitrogen and oxygen atoms in total. The third kappa shape index (κ3) is 1.92. The van der Waals surface area contributed by atoms with Crippen molar-refractivity contribution in [3.8, 4) is 0 Å². The van der Waals surface area contributed by atoms with Gasteiger partial charge in [-0.25, -0.2) is 0 Å². The number of nitrogens with one attached hydrogen (secondary N) is 1. The van der Waals surface area contributed by atoms with Crippen molar-refractivity contribution in [3.63, 3.8) is 0 Å². The van der Waals surface area contributed by atoms with Crippen LogP contribution in [-0.2, 0) is 12.6 Å². The summed E-state index contributed by atoms with van der Waals surface area (Å²) in [6.45, 7) is 0.693. The Morgan fingerprint density at radius 2 is 2.07 bits per heavy atom. The first-order chi connectivity index (χ1) is 6.07. The highest BCUT2D eigenvalue weighted by atomic mass is 35.5. The van der Waals surface area contributed by atoms with Crippen LogP contribution in [-0.4, -0.2) is 11.5 Å². The van der Waals surface area contributed by atoms with Crippen molar-refractivity contribution in [1.82, 2.24) is 4.98 Å². The molecule has 1 aliphatic heterocycles. The molecule has 1 aromatic rings. The Bertz CT molecular complexity index is 338. The lowest BCUT2D eigenvalue weighted by atomic mass is 10.2. The van der Waals surface area contributed by atoms with Gasteiger partial charge in [0.2, 0.25) is 0 Å². The summed E-state index contributed by atoms with van der Waals surface area (Å²) < 4.78 is 36.5. The Hall–Kier alpha value is -0.970. The molecule has 0 aromatic carbocycles. The summed E-state index contributed by atoms with van der Waals surface area (Å²) in [6, 6.07) is 1.06. The average molecular weight is 225 g/mol. The summed E-state index contributed by atoms with van der Waals surface area (Å²) in [5, 5.41) is 2.87. The van der Waals surface area contributed by atoms with E-state index in [0.717, 1.165) is 18.1 Å². The van der Waals surface area contributed by atoms with Crippen LogP contribution in [0.3, 0.4) is 0 Å².